The maximum Gasteiger partial charge on any atom is 0.501 e. The molecule has 21 heavy (non-hydrogen) atoms. The molecule has 0 aliphatic heterocycles. The van der Waals surface area contributed by atoms with Crippen LogP contribution in [0.1, 0.15) is 0 Å². The molecule has 2 aromatic carbocycles. The van der Waals surface area contributed by atoms with Crippen molar-refractivity contribution in [2.75, 3.05) is 0 Å². The van der Waals surface area contributed by atoms with Crippen LogP contribution in [0, 0.1) is 6.07 Å². The summed E-state index contributed by atoms with van der Waals surface area (Å²) in [6.07, 6.45) is 0. The molecule has 0 fully saturated rings. The van der Waals surface area contributed by atoms with Gasteiger partial charge in [0.2, 0.25) is 0 Å². The van der Waals surface area contributed by atoms with Crippen LogP contribution in [-0.2, 0) is 9.84 Å². The molecule has 0 aliphatic rings. The molecule has 2 nitrogen and oxygen atoms in total. The zero-order valence-electron chi connectivity index (χ0n) is 10.1. The third kappa shape index (κ3) is 3.09. The molecule has 111 valence electrons. The lowest BCUT2D eigenvalue weighted by atomic mass is 10.1. The molecule has 2 aromatic rings. The van der Waals surface area contributed by atoms with Crippen LogP contribution in [0.2, 0.25) is 5.02 Å². The van der Waals surface area contributed by atoms with E-state index in [1.165, 1.54) is 30.3 Å². The second-order valence-corrected chi connectivity index (χ2v) is 7.16. The molecule has 8 heteroatoms. The van der Waals surface area contributed by atoms with Crippen molar-refractivity contribution in [1.29, 1.82) is 0 Å². The van der Waals surface area contributed by atoms with Crippen molar-refractivity contribution >= 4 is 37.4 Å². The minimum atomic E-state index is -5.46. The number of hydrogen-bond donors (Lipinski definition) is 0. The molecule has 0 bridgehead atoms. The lowest BCUT2D eigenvalue weighted by molar-refractivity contribution is -0.0435. The number of benzene rings is 2. The van der Waals surface area contributed by atoms with E-state index in [-0.39, 0.29) is 16.1 Å². The van der Waals surface area contributed by atoms with Crippen LogP contribution in [0.15, 0.2) is 45.8 Å². The topological polar surface area (TPSA) is 34.1 Å². The van der Waals surface area contributed by atoms with Gasteiger partial charge in [0.25, 0.3) is 9.84 Å². The van der Waals surface area contributed by atoms with Crippen molar-refractivity contribution < 1.29 is 21.6 Å². The van der Waals surface area contributed by atoms with E-state index in [9.17, 15) is 21.6 Å². The minimum absolute atomic E-state index is 0.177. The molecule has 0 atom stereocenters. The fraction of sp³-hybridized carbons (Fsp3) is 0.0769. The number of sulfone groups is 1. The summed E-state index contributed by atoms with van der Waals surface area (Å²) >= 11 is 9.04. The van der Waals surface area contributed by atoms with Crippen molar-refractivity contribution in [2.24, 2.45) is 0 Å². The fourth-order valence-electron chi connectivity index (χ4n) is 1.65. The van der Waals surface area contributed by atoms with Gasteiger partial charge in [0.15, 0.2) is 0 Å². The molecular formula is C13H6BrClF3O2S. The van der Waals surface area contributed by atoms with Gasteiger partial charge in [-0.3, -0.25) is 0 Å². The minimum Gasteiger partial charge on any atom is -0.214 e. The summed E-state index contributed by atoms with van der Waals surface area (Å²) < 4.78 is 61.9. The Morgan fingerprint density at radius 2 is 1.86 bits per heavy atom. The Labute approximate surface area is 132 Å². The van der Waals surface area contributed by atoms with E-state index in [4.69, 9.17) is 11.6 Å². The van der Waals surface area contributed by atoms with Gasteiger partial charge in [0.05, 0.1) is 9.92 Å². The van der Waals surface area contributed by atoms with Gasteiger partial charge in [-0.05, 0) is 45.8 Å². The van der Waals surface area contributed by atoms with Gasteiger partial charge in [0, 0.05) is 10.0 Å². The molecule has 0 N–H and O–H groups in total. The maximum atomic E-state index is 12.7. The van der Waals surface area contributed by atoms with E-state index in [1.54, 1.807) is 0 Å². The Hall–Kier alpha value is -1.05. The van der Waals surface area contributed by atoms with Crippen molar-refractivity contribution in [2.45, 2.75) is 10.4 Å². The molecule has 0 unspecified atom stereocenters. The van der Waals surface area contributed by atoms with Crippen LogP contribution in [0.5, 0.6) is 0 Å². The average Bonchev–Trinajstić information content (AvgIpc) is 2.40. The van der Waals surface area contributed by atoms with Gasteiger partial charge in [-0.1, -0.05) is 29.8 Å². The Morgan fingerprint density at radius 3 is 2.43 bits per heavy atom. The van der Waals surface area contributed by atoms with Crippen molar-refractivity contribution in [3.63, 3.8) is 0 Å². The van der Waals surface area contributed by atoms with Crippen LogP contribution >= 0.6 is 27.5 Å². The lowest BCUT2D eigenvalue weighted by Gasteiger charge is -2.13. The van der Waals surface area contributed by atoms with E-state index in [1.807, 2.05) is 0 Å². The van der Waals surface area contributed by atoms with Gasteiger partial charge < -0.3 is 0 Å². The Balaban J connectivity index is 2.70. The standard InChI is InChI=1S/C13H6BrClF3O2S/c14-10-6-5-8(7-11(10)15)9-3-1-2-4-12(9)21(19,20)13(16,17)18/h1-2,4-7H. The van der Waals surface area contributed by atoms with Gasteiger partial charge >= 0.3 is 5.51 Å². The molecule has 0 aliphatic carbocycles. The highest BCUT2D eigenvalue weighted by Gasteiger charge is 2.47. The maximum absolute atomic E-state index is 12.7. The third-order valence-electron chi connectivity index (χ3n) is 2.62. The van der Waals surface area contributed by atoms with Crippen molar-refractivity contribution in [3.05, 3.63) is 52.0 Å². The second kappa shape index (κ2) is 5.62. The van der Waals surface area contributed by atoms with Crippen LogP contribution in [-0.4, -0.2) is 13.9 Å². The molecule has 0 aromatic heterocycles. The van der Waals surface area contributed by atoms with Crippen LogP contribution in [0.3, 0.4) is 0 Å². The number of hydrogen-bond acceptors (Lipinski definition) is 2. The number of rotatable bonds is 2. The van der Waals surface area contributed by atoms with Crippen LogP contribution in [0.4, 0.5) is 13.2 Å². The summed E-state index contributed by atoms with van der Waals surface area (Å²) in [5, 5.41) is 0.250. The quantitative estimate of drug-likeness (QED) is 0.724. The summed E-state index contributed by atoms with van der Waals surface area (Å²) in [5.74, 6) is 0. The molecule has 0 saturated carbocycles. The summed E-state index contributed by atoms with van der Waals surface area (Å²) in [4.78, 5) is -0.851. The van der Waals surface area contributed by atoms with Crippen LogP contribution < -0.4 is 0 Å². The third-order valence-corrected chi connectivity index (χ3v) is 5.38. The van der Waals surface area contributed by atoms with Gasteiger partial charge in [0.1, 0.15) is 0 Å². The SMILES string of the molecule is O=S(=O)(c1ccc[c]c1-c1ccc(Br)c(Cl)c1)C(F)(F)F. The highest BCUT2D eigenvalue weighted by molar-refractivity contribution is 9.10. The summed E-state index contributed by atoms with van der Waals surface area (Å²) in [7, 11) is -5.46. The molecule has 0 spiro atoms. The highest BCUT2D eigenvalue weighted by Crippen LogP contribution is 2.37. The highest BCUT2D eigenvalue weighted by atomic mass is 79.9. The van der Waals surface area contributed by atoms with E-state index in [0.717, 1.165) is 6.07 Å². The lowest BCUT2D eigenvalue weighted by Crippen LogP contribution is -2.23. The first kappa shape index (κ1) is 16.3. The Morgan fingerprint density at radius 1 is 1.19 bits per heavy atom. The van der Waals surface area contributed by atoms with Crippen molar-refractivity contribution in [1.82, 2.24) is 0 Å². The summed E-state index contributed by atoms with van der Waals surface area (Å²) in [5.41, 5.74) is -5.33. The van der Waals surface area contributed by atoms with E-state index in [2.05, 4.69) is 22.0 Å². The summed E-state index contributed by atoms with van der Waals surface area (Å²) in [6.45, 7) is 0. The first-order chi connectivity index (χ1) is 9.64. The van der Waals surface area contributed by atoms with Gasteiger partial charge in [-0.25, -0.2) is 8.42 Å². The molecule has 2 rings (SSSR count). The van der Waals surface area contributed by atoms with Crippen LogP contribution in [0.25, 0.3) is 11.1 Å². The Kier molecular flexibility index (Phi) is 4.37. The largest absolute Gasteiger partial charge is 0.501 e. The monoisotopic (exact) mass is 397 g/mol. The fourth-order valence-corrected chi connectivity index (χ4v) is 3.03. The first-order valence-electron chi connectivity index (χ1n) is 5.42. The first-order valence-corrected chi connectivity index (χ1v) is 8.07. The predicted molar refractivity (Wildman–Crippen MR) is 76.7 cm³/mol. The zero-order chi connectivity index (χ0) is 15.8. The van der Waals surface area contributed by atoms with E-state index >= 15 is 0 Å². The van der Waals surface area contributed by atoms with Gasteiger partial charge in [-0.2, -0.15) is 13.2 Å². The normalized spacial score (nSPS) is 12.4. The van der Waals surface area contributed by atoms with E-state index < -0.39 is 20.2 Å². The number of halogens is 5. The second-order valence-electron chi connectivity index (χ2n) is 3.99. The number of alkyl halides is 3. The average molecular weight is 399 g/mol. The molecular weight excluding hydrogens is 393 g/mol. The molecule has 0 saturated heterocycles. The van der Waals surface area contributed by atoms with E-state index in [0.29, 0.717) is 4.47 Å². The predicted octanol–water partition coefficient (Wildman–Crippen LogP) is 4.86. The van der Waals surface area contributed by atoms with Gasteiger partial charge in [-0.15, -0.1) is 0 Å². The molecule has 0 heterocycles. The molecule has 1 radical (unpaired) electrons. The summed E-state index contributed by atoms with van der Waals surface area (Å²) in [6, 6.07) is 10.3. The smallest absolute Gasteiger partial charge is 0.214 e. The van der Waals surface area contributed by atoms with Crippen molar-refractivity contribution in [3.8, 4) is 11.1 Å². The zero-order valence-corrected chi connectivity index (χ0v) is 13.2. The molecule has 0 amide bonds. The Bertz CT molecular complexity index is 788.